The summed E-state index contributed by atoms with van der Waals surface area (Å²) in [5.41, 5.74) is 6.65. The first-order valence-corrected chi connectivity index (χ1v) is 6.44. The first-order valence-electron chi connectivity index (χ1n) is 6.44. The van der Waals surface area contributed by atoms with Gasteiger partial charge in [0.25, 0.3) is 0 Å². The molecule has 0 amide bonds. The summed E-state index contributed by atoms with van der Waals surface area (Å²) in [7, 11) is 5.34. The smallest absolute Gasteiger partial charge is 0.212 e. The van der Waals surface area contributed by atoms with Gasteiger partial charge in [-0.3, -0.25) is 0 Å². The fourth-order valence-electron chi connectivity index (χ4n) is 2.37. The predicted molar refractivity (Wildman–Crippen MR) is 80.2 cm³/mol. The van der Waals surface area contributed by atoms with Gasteiger partial charge in [-0.05, 0) is 38.0 Å². The standard InChI is InChI=1S/C15H18N.C2H6O/c1-11-9-12(2)15(13(3)10-11)14-7-5-6-8-16(14)4;1-3-2/h5-10H,1-4H3;1-2H3/q+1;. The molecule has 2 nitrogen and oxygen atoms in total. The van der Waals surface area contributed by atoms with Crippen molar-refractivity contribution in [2.75, 3.05) is 14.2 Å². The molecule has 0 spiro atoms. The summed E-state index contributed by atoms with van der Waals surface area (Å²) >= 11 is 0. The number of hydrogen-bond acceptors (Lipinski definition) is 1. The summed E-state index contributed by atoms with van der Waals surface area (Å²) in [6.45, 7) is 6.51. The Morgan fingerprint density at radius 3 is 1.95 bits per heavy atom. The quantitative estimate of drug-likeness (QED) is 0.715. The maximum Gasteiger partial charge on any atom is 0.212 e. The Morgan fingerprint density at radius 1 is 0.947 bits per heavy atom. The molecule has 0 saturated carbocycles. The molecule has 0 atom stereocenters. The summed E-state index contributed by atoms with van der Waals surface area (Å²) in [5, 5.41) is 0. The van der Waals surface area contributed by atoms with E-state index in [4.69, 9.17) is 0 Å². The largest absolute Gasteiger partial charge is 0.388 e. The van der Waals surface area contributed by atoms with E-state index in [9.17, 15) is 0 Å². The highest BCUT2D eigenvalue weighted by atomic mass is 16.4. The molecule has 2 heteroatoms. The maximum atomic E-state index is 4.25. The van der Waals surface area contributed by atoms with E-state index in [-0.39, 0.29) is 0 Å². The van der Waals surface area contributed by atoms with Crippen LogP contribution >= 0.6 is 0 Å². The van der Waals surface area contributed by atoms with Crippen LogP contribution < -0.4 is 4.57 Å². The van der Waals surface area contributed by atoms with E-state index in [1.54, 1.807) is 14.2 Å². The highest BCUT2D eigenvalue weighted by Gasteiger charge is 2.13. The van der Waals surface area contributed by atoms with Crippen LogP contribution in [0.3, 0.4) is 0 Å². The minimum Gasteiger partial charge on any atom is -0.388 e. The number of pyridine rings is 1. The highest BCUT2D eigenvalue weighted by Crippen LogP contribution is 2.25. The second kappa shape index (κ2) is 7.05. The zero-order valence-corrected chi connectivity index (χ0v) is 12.8. The molecule has 0 unspecified atom stereocenters. The minimum absolute atomic E-state index is 1.28. The van der Waals surface area contributed by atoms with E-state index < -0.39 is 0 Å². The van der Waals surface area contributed by atoms with E-state index in [1.165, 1.54) is 27.9 Å². The summed E-state index contributed by atoms with van der Waals surface area (Å²) in [4.78, 5) is 0. The molecule has 0 aliphatic heterocycles. The zero-order chi connectivity index (χ0) is 14.4. The molecule has 0 aliphatic carbocycles. The molecule has 19 heavy (non-hydrogen) atoms. The van der Waals surface area contributed by atoms with E-state index in [1.807, 2.05) is 0 Å². The fourth-order valence-corrected chi connectivity index (χ4v) is 2.37. The van der Waals surface area contributed by atoms with Crippen LogP contribution in [0.5, 0.6) is 0 Å². The lowest BCUT2D eigenvalue weighted by Crippen LogP contribution is -2.30. The van der Waals surface area contributed by atoms with E-state index in [0.29, 0.717) is 0 Å². The molecular weight excluding hydrogens is 234 g/mol. The van der Waals surface area contributed by atoms with Crippen molar-refractivity contribution in [3.05, 3.63) is 53.2 Å². The number of methoxy groups -OCH3 is 1. The van der Waals surface area contributed by atoms with Crippen LogP contribution in [0, 0.1) is 20.8 Å². The van der Waals surface area contributed by atoms with Crippen molar-refractivity contribution >= 4 is 0 Å². The topological polar surface area (TPSA) is 13.1 Å². The molecule has 0 saturated heterocycles. The molecule has 1 aromatic heterocycles. The van der Waals surface area contributed by atoms with Crippen LogP contribution in [-0.2, 0) is 11.8 Å². The number of aryl methyl sites for hydroxylation is 4. The second-order valence-corrected chi connectivity index (χ2v) is 4.88. The number of rotatable bonds is 1. The lowest BCUT2D eigenvalue weighted by Gasteiger charge is -2.09. The molecular formula is C17H24NO+. The second-order valence-electron chi connectivity index (χ2n) is 4.88. The summed E-state index contributed by atoms with van der Waals surface area (Å²) in [5.74, 6) is 0. The summed E-state index contributed by atoms with van der Waals surface area (Å²) in [6, 6.07) is 10.8. The number of aromatic nitrogens is 1. The summed E-state index contributed by atoms with van der Waals surface area (Å²) < 4.78 is 6.42. The van der Waals surface area contributed by atoms with Crippen molar-refractivity contribution in [3.8, 4) is 11.3 Å². The Hall–Kier alpha value is -1.67. The Morgan fingerprint density at radius 2 is 1.47 bits per heavy atom. The lowest BCUT2D eigenvalue weighted by atomic mass is 9.97. The van der Waals surface area contributed by atoms with Crippen LogP contribution in [0.4, 0.5) is 0 Å². The van der Waals surface area contributed by atoms with Crippen LogP contribution in [0.25, 0.3) is 11.3 Å². The van der Waals surface area contributed by atoms with Crippen LogP contribution in [0.1, 0.15) is 16.7 Å². The Bertz CT molecular complexity index is 524. The average Bonchev–Trinajstić information content (AvgIpc) is 2.31. The van der Waals surface area contributed by atoms with Crippen molar-refractivity contribution in [2.24, 2.45) is 7.05 Å². The van der Waals surface area contributed by atoms with Gasteiger partial charge in [0.1, 0.15) is 7.05 Å². The van der Waals surface area contributed by atoms with Gasteiger partial charge in [0.05, 0.1) is 5.56 Å². The molecule has 2 rings (SSSR count). The molecule has 0 aliphatic rings. The van der Waals surface area contributed by atoms with Crippen molar-refractivity contribution in [1.82, 2.24) is 0 Å². The normalized spacial score (nSPS) is 9.79. The third kappa shape index (κ3) is 3.90. The SMILES string of the molecule is COC.Cc1cc(C)c(-c2cccc[n+]2C)c(C)c1. The van der Waals surface area contributed by atoms with E-state index in [2.05, 4.69) is 73.7 Å². The fraction of sp³-hybridized carbons (Fsp3) is 0.353. The van der Waals surface area contributed by atoms with Gasteiger partial charge >= 0.3 is 0 Å². The summed E-state index contributed by atoms with van der Waals surface area (Å²) in [6.07, 6.45) is 2.09. The molecule has 2 aromatic rings. The van der Waals surface area contributed by atoms with Crippen molar-refractivity contribution in [2.45, 2.75) is 20.8 Å². The van der Waals surface area contributed by atoms with Gasteiger partial charge in [-0.15, -0.1) is 0 Å². The molecule has 0 N–H and O–H groups in total. The van der Waals surface area contributed by atoms with Crippen molar-refractivity contribution in [1.29, 1.82) is 0 Å². The highest BCUT2D eigenvalue weighted by molar-refractivity contribution is 5.65. The van der Waals surface area contributed by atoms with E-state index >= 15 is 0 Å². The van der Waals surface area contributed by atoms with Gasteiger partial charge in [0.15, 0.2) is 6.20 Å². The third-order valence-corrected chi connectivity index (χ3v) is 2.99. The van der Waals surface area contributed by atoms with Crippen LogP contribution in [0.15, 0.2) is 36.5 Å². The van der Waals surface area contributed by atoms with Gasteiger partial charge in [-0.1, -0.05) is 17.7 Å². The molecule has 0 bridgehead atoms. The van der Waals surface area contributed by atoms with Gasteiger partial charge < -0.3 is 4.74 Å². The number of hydrogen-bond donors (Lipinski definition) is 0. The van der Waals surface area contributed by atoms with Crippen molar-refractivity contribution < 1.29 is 9.30 Å². The number of ether oxygens (including phenoxy) is 1. The zero-order valence-electron chi connectivity index (χ0n) is 12.8. The maximum absolute atomic E-state index is 4.25. The minimum atomic E-state index is 1.28. The Labute approximate surface area is 116 Å². The molecule has 0 radical (unpaired) electrons. The molecule has 1 heterocycles. The first-order chi connectivity index (χ1) is 9.01. The molecule has 102 valence electrons. The average molecular weight is 258 g/mol. The molecule has 0 fully saturated rings. The van der Waals surface area contributed by atoms with Crippen molar-refractivity contribution in [3.63, 3.8) is 0 Å². The van der Waals surface area contributed by atoms with Gasteiger partial charge in [-0.2, -0.15) is 0 Å². The predicted octanol–water partition coefficient (Wildman–Crippen LogP) is 3.37. The third-order valence-electron chi connectivity index (χ3n) is 2.99. The van der Waals surface area contributed by atoms with Crippen LogP contribution in [0.2, 0.25) is 0 Å². The molecule has 1 aromatic carbocycles. The van der Waals surface area contributed by atoms with Crippen LogP contribution in [-0.4, -0.2) is 14.2 Å². The lowest BCUT2D eigenvalue weighted by molar-refractivity contribution is -0.660. The monoisotopic (exact) mass is 258 g/mol. The van der Waals surface area contributed by atoms with Gasteiger partial charge in [0, 0.05) is 26.4 Å². The Kier molecular flexibility index (Phi) is 5.71. The number of nitrogens with zero attached hydrogens (tertiary/aromatic N) is 1. The first kappa shape index (κ1) is 15.4. The Balaban J connectivity index is 0.000000550. The number of benzene rings is 1. The van der Waals surface area contributed by atoms with Gasteiger partial charge in [-0.25, -0.2) is 4.57 Å². The van der Waals surface area contributed by atoms with Gasteiger partial charge in [0.2, 0.25) is 5.69 Å². The van der Waals surface area contributed by atoms with E-state index in [0.717, 1.165) is 0 Å².